The Kier molecular flexibility index (Phi) is 1.94. The normalized spacial score (nSPS) is 47.5. The molecule has 1 saturated carbocycles. The maximum atomic E-state index is 11.2. The van der Waals surface area contributed by atoms with Gasteiger partial charge in [0.25, 0.3) is 0 Å². The lowest BCUT2D eigenvalue weighted by molar-refractivity contribution is -0.165. The fourth-order valence-corrected chi connectivity index (χ4v) is 2.51. The van der Waals surface area contributed by atoms with Crippen molar-refractivity contribution >= 4 is 5.97 Å². The average molecular weight is 198 g/mol. The Labute approximate surface area is 82.2 Å². The molecule has 0 amide bonds. The van der Waals surface area contributed by atoms with E-state index in [0.717, 1.165) is 0 Å². The van der Waals surface area contributed by atoms with Crippen LogP contribution >= 0.6 is 0 Å². The van der Waals surface area contributed by atoms with Crippen LogP contribution in [0.4, 0.5) is 0 Å². The Balaban J connectivity index is 2.37. The molecule has 2 aliphatic rings. The Morgan fingerprint density at radius 1 is 1.64 bits per heavy atom. The van der Waals surface area contributed by atoms with Crippen molar-refractivity contribution in [3.8, 4) is 0 Å². The van der Waals surface area contributed by atoms with Crippen LogP contribution in [0.3, 0.4) is 0 Å². The summed E-state index contributed by atoms with van der Waals surface area (Å²) in [4.78, 5) is 11.2. The molecule has 2 fully saturated rings. The molecule has 2 N–H and O–H groups in total. The van der Waals surface area contributed by atoms with Gasteiger partial charge in [-0.25, -0.2) is 4.79 Å². The number of rotatable bonds is 0. The summed E-state index contributed by atoms with van der Waals surface area (Å²) in [7, 11) is 0. The molecule has 0 aromatic rings. The predicted molar refractivity (Wildman–Crippen MR) is 48.3 cm³/mol. The predicted octanol–water partition coefficient (Wildman–Crippen LogP) is -0.153. The van der Waals surface area contributed by atoms with E-state index >= 15 is 0 Å². The van der Waals surface area contributed by atoms with Crippen molar-refractivity contribution in [2.45, 2.75) is 25.0 Å². The van der Waals surface area contributed by atoms with E-state index < -0.39 is 23.6 Å². The zero-order valence-electron chi connectivity index (χ0n) is 8.06. The number of esters is 1. The fourth-order valence-electron chi connectivity index (χ4n) is 2.51. The van der Waals surface area contributed by atoms with Crippen LogP contribution in [0.1, 0.15) is 13.3 Å². The van der Waals surface area contributed by atoms with E-state index in [2.05, 4.69) is 6.58 Å². The molecule has 0 aromatic carbocycles. The van der Waals surface area contributed by atoms with Crippen LogP contribution in [0.5, 0.6) is 0 Å². The van der Waals surface area contributed by atoms with Gasteiger partial charge in [-0.1, -0.05) is 13.5 Å². The van der Waals surface area contributed by atoms with Crippen LogP contribution < -0.4 is 0 Å². The van der Waals surface area contributed by atoms with Crippen LogP contribution in [0.15, 0.2) is 12.2 Å². The number of hydrogen-bond acceptors (Lipinski definition) is 4. The van der Waals surface area contributed by atoms with Gasteiger partial charge in [0.15, 0.2) is 0 Å². The van der Waals surface area contributed by atoms with Gasteiger partial charge in [0.05, 0.1) is 6.10 Å². The van der Waals surface area contributed by atoms with Gasteiger partial charge in [0.1, 0.15) is 12.2 Å². The molecule has 2 rings (SSSR count). The van der Waals surface area contributed by atoms with Gasteiger partial charge in [-0.2, -0.15) is 0 Å². The molecule has 1 heterocycles. The number of ether oxygens (including phenoxy) is 1. The first-order valence-corrected chi connectivity index (χ1v) is 4.73. The summed E-state index contributed by atoms with van der Waals surface area (Å²) in [5.41, 5.74) is -0.930. The van der Waals surface area contributed by atoms with Crippen molar-refractivity contribution in [2.24, 2.45) is 11.8 Å². The fraction of sp³-hybridized carbons (Fsp3) is 0.700. The lowest BCUT2D eigenvalue weighted by atomic mass is 9.79. The first-order valence-electron chi connectivity index (χ1n) is 4.73. The van der Waals surface area contributed by atoms with Gasteiger partial charge in [0.2, 0.25) is 0 Å². The maximum absolute atomic E-state index is 11.2. The lowest BCUT2D eigenvalue weighted by Gasteiger charge is -2.38. The SMILES string of the molecule is C=C1C(=O)OCC2(O)C(C)CC(O)C12. The van der Waals surface area contributed by atoms with E-state index in [-0.39, 0.29) is 18.1 Å². The van der Waals surface area contributed by atoms with Crippen LogP contribution in [-0.4, -0.2) is 34.5 Å². The average Bonchev–Trinajstić information content (AvgIpc) is 2.33. The summed E-state index contributed by atoms with van der Waals surface area (Å²) in [6.07, 6.45) is -0.202. The molecule has 14 heavy (non-hydrogen) atoms. The van der Waals surface area contributed by atoms with Crippen LogP contribution in [0.2, 0.25) is 0 Å². The second kappa shape index (κ2) is 2.81. The number of aliphatic hydroxyl groups excluding tert-OH is 1. The van der Waals surface area contributed by atoms with E-state index in [0.29, 0.717) is 6.42 Å². The van der Waals surface area contributed by atoms with E-state index in [1.807, 2.05) is 6.92 Å². The van der Waals surface area contributed by atoms with Crippen molar-refractivity contribution in [1.29, 1.82) is 0 Å². The zero-order chi connectivity index (χ0) is 10.5. The highest BCUT2D eigenvalue weighted by Crippen LogP contribution is 2.46. The maximum Gasteiger partial charge on any atom is 0.334 e. The molecule has 4 heteroatoms. The van der Waals surface area contributed by atoms with Crippen LogP contribution in [0.25, 0.3) is 0 Å². The van der Waals surface area contributed by atoms with Gasteiger partial charge >= 0.3 is 5.97 Å². The van der Waals surface area contributed by atoms with Gasteiger partial charge in [-0.15, -0.1) is 0 Å². The molecule has 4 atom stereocenters. The molecule has 0 spiro atoms. The van der Waals surface area contributed by atoms with Gasteiger partial charge in [-0.3, -0.25) is 0 Å². The number of carbonyl (C=O) groups is 1. The molecule has 1 aliphatic heterocycles. The van der Waals surface area contributed by atoms with Crippen molar-refractivity contribution in [1.82, 2.24) is 0 Å². The van der Waals surface area contributed by atoms with Crippen molar-refractivity contribution in [2.75, 3.05) is 6.61 Å². The third-order valence-electron chi connectivity index (χ3n) is 3.44. The highest BCUT2D eigenvalue weighted by molar-refractivity contribution is 5.89. The molecule has 0 aromatic heterocycles. The molecule has 1 saturated heterocycles. The molecule has 4 unspecified atom stereocenters. The van der Waals surface area contributed by atoms with E-state index in [1.54, 1.807) is 0 Å². The summed E-state index contributed by atoms with van der Waals surface area (Å²) in [6, 6.07) is 0. The largest absolute Gasteiger partial charge is 0.459 e. The number of cyclic esters (lactones) is 1. The molecule has 1 aliphatic carbocycles. The highest BCUT2D eigenvalue weighted by atomic mass is 16.5. The van der Waals surface area contributed by atoms with Gasteiger partial charge in [-0.05, 0) is 12.3 Å². The first-order chi connectivity index (χ1) is 6.47. The second-order valence-electron chi connectivity index (χ2n) is 4.27. The topological polar surface area (TPSA) is 66.8 Å². The first kappa shape index (κ1) is 9.68. The van der Waals surface area contributed by atoms with Crippen molar-refractivity contribution in [3.05, 3.63) is 12.2 Å². The zero-order valence-corrected chi connectivity index (χ0v) is 8.06. The van der Waals surface area contributed by atoms with Crippen molar-refractivity contribution in [3.63, 3.8) is 0 Å². The number of fused-ring (bicyclic) bond motifs is 1. The minimum atomic E-state index is -1.12. The summed E-state index contributed by atoms with van der Waals surface area (Å²) in [5, 5.41) is 20.0. The molecule has 78 valence electrons. The summed E-state index contributed by atoms with van der Waals surface area (Å²) >= 11 is 0. The van der Waals surface area contributed by atoms with Gasteiger partial charge < -0.3 is 14.9 Å². The van der Waals surface area contributed by atoms with E-state index in [9.17, 15) is 15.0 Å². The van der Waals surface area contributed by atoms with Crippen LogP contribution in [-0.2, 0) is 9.53 Å². The Morgan fingerprint density at radius 3 is 2.93 bits per heavy atom. The third-order valence-corrected chi connectivity index (χ3v) is 3.44. The minimum absolute atomic E-state index is 0.0340. The van der Waals surface area contributed by atoms with E-state index in [4.69, 9.17) is 4.74 Å². The monoisotopic (exact) mass is 198 g/mol. The lowest BCUT2D eigenvalue weighted by Crippen LogP contribution is -2.51. The van der Waals surface area contributed by atoms with Crippen LogP contribution in [0, 0.1) is 11.8 Å². The number of hydrogen-bond donors (Lipinski definition) is 2. The number of carbonyl (C=O) groups excluding carboxylic acids is 1. The molecule has 0 bridgehead atoms. The summed E-state index contributed by atoms with van der Waals surface area (Å²) in [5.74, 6) is -1.14. The Hall–Kier alpha value is -0.870. The number of aliphatic hydroxyl groups is 2. The Morgan fingerprint density at radius 2 is 2.29 bits per heavy atom. The standard InChI is InChI=1S/C10H14O4/c1-5-3-7(11)8-6(2)9(12)14-4-10(5,8)13/h5,7-8,11,13H,2-4H2,1H3. The quantitative estimate of drug-likeness (QED) is 0.419. The molecule has 0 radical (unpaired) electrons. The van der Waals surface area contributed by atoms with Gasteiger partial charge in [0, 0.05) is 11.5 Å². The molecule has 4 nitrogen and oxygen atoms in total. The second-order valence-corrected chi connectivity index (χ2v) is 4.27. The van der Waals surface area contributed by atoms with E-state index in [1.165, 1.54) is 0 Å². The summed E-state index contributed by atoms with van der Waals surface area (Å²) < 4.78 is 4.83. The summed E-state index contributed by atoms with van der Waals surface area (Å²) in [6.45, 7) is 5.38. The van der Waals surface area contributed by atoms with Crippen molar-refractivity contribution < 1.29 is 19.7 Å². The molecular formula is C10H14O4. The minimum Gasteiger partial charge on any atom is -0.459 e. The highest BCUT2D eigenvalue weighted by Gasteiger charge is 2.57. The third kappa shape index (κ3) is 1.04. The smallest absolute Gasteiger partial charge is 0.334 e. The molecular weight excluding hydrogens is 184 g/mol. The Bertz CT molecular complexity index is 298.